The number of anilines is 2. The van der Waals surface area contributed by atoms with E-state index in [9.17, 15) is 9.90 Å². The number of carbonyl (C=O) groups excluding carboxylic acids is 1. The van der Waals surface area contributed by atoms with Crippen molar-refractivity contribution in [2.45, 2.75) is 83.9 Å². The first-order chi connectivity index (χ1) is 17.5. The zero-order valence-electron chi connectivity index (χ0n) is 21.9. The predicted octanol–water partition coefficient (Wildman–Crippen LogP) is 4.28. The number of nitrogens with one attached hydrogen (secondary N) is 1. The first-order valence-electron chi connectivity index (χ1n) is 13.6. The highest BCUT2D eigenvalue weighted by atomic mass is 16.5. The first-order valence-corrected chi connectivity index (χ1v) is 13.6. The molecule has 4 rings (SSSR count). The Bertz CT molecular complexity index is 1000. The molecule has 8 nitrogen and oxygen atoms in total. The molecule has 2 N–H and O–H groups in total. The quantitative estimate of drug-likeness (QED) is 0.481. The van der Waals surface area contributed by atoms with E-state index in [1.54, 1.807) is 6.20 Å². The summed E-state index contributed by atoms with van der Waals surface area (Å²) in [7, 11) is 0. The van der Waals surface area contributed by atoms with Gasteiger partial charge >= 0.3 is 0 Å². The third-order valence-corrected chi connectivity index (χ3v) is 7.50. The molecular weight excluding hydrogens is 454 g/mol. The third-order valence-electron chi connectivity index (χ3n) is 7.50. The normalized spacial score (nSPS) is 20.0. The van der Waals surface area contributed by atoms with Gasteiger partial charge in [-0.1, -0.05) is 13.8 Å². The number of benzene rings is 1. The molecule has 196 valence electrons. The number of amides is 1. The van der Waals surface area contributed by atoms with Gasteiger partial charge in [-0.3, -0.25) is 9.69 Å². The summed E-state index contributed by atoms with van der Waals surface area (Å²) in [6.45, 7) is 10.2. The summed E-state index contributed by atoms with van der Waals surface area (Å²) < 4.78 is 5.64. The lowest BCUT2D eigenvalue weighted by Crippen LogP contribution is -2.40. The number of ether oxygens (including phenoxy) is 1. The largest absolute Gasteiger partial charge is 0.493 e. The van der Waals surface area contributed by atoms with Gasteiger partial charge in [-0.05, 0) is 94.9 Å². The maximum atomic E-state index is 13.9. The number of hydrogen-bond acceptors (Lipinski definition) is 7. The highest BCUT2D eigenvalue weighted by Gasteiger charge is 2.27. The maximum absolute atomic E-state index is 13.9. The van der Waals surface area contributed by atoms with Crippen LogP contribution in [0.3, 0.4) is 0 Å². The van der Waals surface area contributed by atoms with Crippen LogP contribution in [0.2, 0.25) is 0 Å². The molecule has 1 atom stereocenters. The molecule has 1 amide bonds. The topological polar surface area (TPSA) is 90.8 Å². The summed E-state index contributed by atoms with van der Waals surface area (Å²) >= 11 is 0. The lowest BCUT2D eigenvalue weighted by molar-refractivity contribution is 0.0975. The number of aromatic nitrogens is 2. The highest BCUT2D eigenvalue weighted by molar-refractivity contribution is 6.06. The van der Waals surface area contributed by atoms with Crippen LogP contribution in [0.15, 0.2) is 30.5 Å². The van der Waals surface area contributed by atoms with Crippen LogP contribution in [0, 0.1) is 0 Å². The molecule has 2 heterocycles. The summed E-state index contributed by atoms with van der Waals surface area (Å²) in [4.78, 5) is 27.4. The molecule has 1 saturated carbocycles. The van der Waals surface area contributed by atoms with Crippen LogP contribution in [0.5, 0.6) is 5.75 Å². The van der Waals surface area contributed by atoms with Crippen molar-refractivity contribution >= 4 is 17.7 Å². The van der Waals surface area contributed by atoms with Crippen LogP contribution in [0.4, 0.5) is 11.8 Å². The van der Waals surface area contributed by atoms with Gasteiger partial charge in [-0.2, -0.15) is 4.98 Å². The molecule has 1 aliphatic heterocycles. The predicted molar refractivity (Wildman–Crippen MR) is 143 cm³/mol. The summed E-state index contributed by atoms with van der Waals surface area (Å²) in [5, 5.41) is 13.2. The Morgan fingerprint density at radius 3 is 2.72 bits per heavy atom. The Morgan fingerprint density at radius 1 is 1.19 bits per heavy atom. The fourth-order valence-electron chi connectivity index (χ4n) is 5.22. The Morgan fingerprint density at radius 2 is 1.97 bits per heavy atom. The van der Waals surface area contributed by atoms with Crippen molar-refractivity contribution in [1.82, 2.24) is 14.9 Å². The smallest absolute Gasteiger partial charge is 0.259 e. The zero-order chi connectivity index (χ0) is 25.5. The van der Waals surface area contributed by atoms with Gasteiger partial charge in [0.2, 0.25) is 5.95 Å². The molecule has 36 heavy (non-hydrogen) atoms. The lowest BCUT2D eigenvalue weighted by Gasteiger charge is -2.30. The molecule has 1 unspecified atom stereocenters. The molecular formula is C28H41N5O3. The van der Waals surface area contributed by atoms with Gasteiger partial charge in [-0.15, -0.1) is 0 Å². The molecule has 2 aliphatic rings. The zero-order valence-corrected chi connectivity index (χ0v) is 21.9. The van der Waals surface area contributed by atoms with Crippen molar-refractivity contribution < 1.29 is 14.6 Å². The summed E-state index contributed by atoms with van der Waals surface area (Å²) in [6.07, 6.45) is 7.57. The van der Waals surface area contributed by atoms with Crippen LogP contribution in [0.25, 0.3) is 0 Å². The molecule has 1 aromatic carbocycles. The molecule has 0 bridgehead atoms. The molecule has 0 saturated heterocycles. The number of hydrogen-bond donors (Lipinski definition) is 2. The van der Waals surface area contributed by atoms with Crippen molar-refractivity contribution in [3.05, 3.63) is 41.6 Å². The minimum atomic E-state index is -0.210. The van der Waals surface area contributed by atoms with Crippen molar-refractivity contribution in [2.24, 2.45) is 0 Å². The van der Waals surface area contributed by atoms with E-state index < -0.39 is 0 Å². The summed E-state index contributed by atoms with van der Waals surface area (Å²) in [5.41, 5.74) is 1.74. The Hall–Kier alpha value is -2.71. The average Bonchev–Trinajstić information content (AvgIpc) is 3.36. The molecule has 1 fully saturated rings. The number of rotatable bonds is 11. The molecule has 2 aromatic rings. The molecule has 0 radical (unpaired) electrons. The minimum Gasteiger partial charge on any atom is -0.493 e. The third kappa shape index (κ3) is 6.53. The van der Waals surface area contributed by atoms with Crippen LogP contribution >= 0.6 is 0 Å². The van der Waals surface area contributed by atoms with Crippen LogP contribution < -0.4 is 15.0 Å². The molecule has 0 spiro atoms. The van der Waals surface area contributed by atoms with Crippen LogP contribution in [0.1, 0.15) is 75.2 Å². The van der Waals surface area contributed by atoms with E-state index in [1.807, 2.05) is 29.2 Å². The van der Waals surface area contributed by atoms with Crippen molar-refractivity contribution in [3.63, 3.8) is 0 Å². The minimum absolute atomic E-state index is 0.0230. The Balaban J connectivity index is 1.55. The SMILES string of the molecule is CCN(CC)CCCC(C)N(C(=O)c1ccc2c(c1)CCO2)c1ccnc(NC2CCC(O)CC2)n1. The fourth-order valence-corrected chi connectivity index (χ4v) is 5.22. The van der Waals surface area contributed by atoms with Crippen molar-refractivity contribution in [2.75, 3.05) is 36.5 Å². The molecule has 1 aromatic heterocycles. The van der Waals surface area contributed by atoms with Crippen molar-refractivity contribution in [1.29, 1.82) is 0 Å². The standard InChI is InChI=1S/C28H41N5O3/c1-4-32(5-2)17-6-7-20(3)33(27(35)22-8-13-25-21(19-22)15-18-36-25)26-14-16-29-28(31-26)30-23-9-11-24(34)12-10-23/h8,13-14,16,19-20,23-24,34H,4-7,9-12,15,17-18H2,1-3H3,(H,29,30,31). The van der Waals surface area contributed by atoms with Gasteiger partial charge in [0.1, 0.15) is 11.6 Å². The van der Waals surface area contributed by atoms with E-state index in [2.05, 4.69) is 36.0 Å². The summed E-state index contributed by atoms with van der Waals surface area (Å²) in [5.74, 6) is 1.96. The van der Waals surface area contributed by atoms with E-state index in [4.69, 9.17) is 9.72 Å². The first kappa shape index (κ1) is 26.4. The molecule has 8 heteroatoms. The highest BCUT2D eigenvalue weighted by Crippen LogP contribution is 2.29. The van der Waals surface area contributed by atoms with E-state index in [0.717, 1.165) is 75.9 Å². The second kappa shape index (κ2) is 12.5. The van der Waals surface area contributed by atoms with Crippen LogP contribution in [-0.4, -0.2) is 70.3 Å². The average molecular weight is 496 g/mol. The second-order valence-corrected chi connectivity index (χ2v) is 10.0. The van der Waals surface area contributed by atoms with Gasteiger partial charge in [0.25, 0.3) is 5.91 Å². The lowest BCUT2D eigenvalue weighted by atomic mass is 9.93. The van der Waals surface area contributed by atoms with Crippen molar-refractivity contribution in [3.8, 4) is 5.75 Å². The van der Waals surface area contributed by atoms with Gasteiger partial charge in [-0.25, -0.2) is 4.98 Å². The van der Waals surface area contributed by atoms with E-state index in [0.29, 0.717) is 23.9 Å². The van der Waals surface area contributed by atoms with Gasteiger partial charge in [0.15, 0.2) is 0 Å². The van der Waals surface area contributed by atoms with Gasteiger partial charge < -0.3 is 20.1 Å². The molecule has 1 aliphatic carbocycles. The van der Waals surface area contributed by atoms with E-state index >= 15 is 0 Å². The van der Waals surface area contributed by atoms with E-state index in [1.165, 1.54) is 0 Å². The van der Waals surface area contributed by atoms with E-state index in [-0.39, 0.29) is 24.1 Å². The van der Waals surface area contributed by atoms with Crippen LogP contribution in [-0.2, 0) is 6.42 Å². The monoisotopic (exact) mass is 495 g/mol. The Labute approximate surface area is 215 Å². The fraction of sp³-hybridized carbons (Fsp3) is 0.607. The number of carbonyl (C=O) groups is 1. The van der Waals surface area contributed by atoms with Gasteiger partial charge in [0.05, 0.1) is 12.7 Å². The Kier molecular flexibility index (Phi) is 9.15. The number of aliphatic hydroxyl groups excluding tert-OH is 1. The number of fused-ring (bicyclic) bond motifs is 1. The maximum Gasteiger partial charge on any atom is 0.259 e. The summed E-state index contributed by atoms with van der Waals surface area (Å²) in [6, 6.07) is 7.76. The number of aliphatic hydroxyl groups is 1. The second-order valence-electron chi connectivity index (χ2n) is 10.0. The van der Waals surface area contributed by atoms with Gasteiger partial charge in [0, 0.05) is 30.3 Å². The number of nitrogens with zero attached hydrogens (tertiary/aromatic N) is 4.